The van der Waals surface area contributed by atoms with Crippen molar-refractivity contribution in [2.24, 2.45) is 5.92 Å². The molecule has 0 bridgehead atoms. The van der Waals surface area contributed by atoms with Crippen molar-refractivity contribution in [1.29, 1.82) is 0 Å². The molecular formula is C21H26N4O2S. The van der Waals surface area contributed by atoms with Gasteiger partial charge in [0.25, 0.3) is 0 Å². The minimum atomic E-state index is -0.245. The molecule has 3 aliphatic rings. The summed E-state index contributed by atoms with van der Waals surface area (Å²) >= 11 is 1.69. The zero-order chi connectivity index (χ0) is 19.1. The summed E-state index contributed by atoms with van der Waals surface area (Å²) in [5, 5.41) is 4.11. The highest BCUT2D eigenvalue weighted by molar-refractivity contribution is 7.22. The van der Waals surface area contributed by atoms with E-state index in [0.29, 0.717) is 19.0 Å². The summed E-state index contributed by atoms with van der Waals surface area (Å²) in [6, 6.07) is 6.25. The Morgan fingerprint density at radius 1 is 1.14 bits per heavy atom. The van der Waals surface area contributed by atoms with Gasteiger partial charge in [-0.2, -0.15) is 0 Å². The molecule has 3 fully saturated rings. The highest BCUT2D eigenvalue weighted by Gasteiger charge is 2.38. The van der Waals surface area contributed by atoms with Gasteiger partial charge in [-0.3, -0.25) is 9.59 Å². The number of rotatable bonds is 4. The van der Waals surface area contributed by atoms with Gasteiger partial charge in [0.2, 0.25) is 11.8 Å². The molecule has 28 heavy (non-hydrogen) atoms. The van der Waals surface area contributed by atoms with Crippen LogP contribution < -0.4 is 10.2 Å². The molecule has 0 unspecified atom stereocenters. The van der Waals surface area contributed by atoms with Crippen LogP contribution in [0.4, 0.5) is 10.8 Å². The Bertz CT molecular complexity index is 899. The fourth-order valence-corrected chi connectivity index (χ4v) is 5.81. The Balaban J connectivity index is 1.27. The minimum absolute atomic E-state index is 0.0440. The van der Waals surface area contributed by atoms with E-state index in [9.17, 15) is 9.59 Å². The van der Waals surface area contributed by atoms with Crippen LogP contribution in [0.1, 0.15) is 44.9 Å². The van der Waals surface area contributed by atoms with Crippen LogP contribution in [0.2, 0.25) is 0 Å². The molecule has 2 aromatic rings. The fraction of sp³-hybridized carbons (Fsp3) is 0.571. The monoisotopic (exact) mass is 398 g/mol. The number of hydrogen-bond acceptors (Lipinski definition) is 5. The summed E-state index contributed by atoms with van der Waals surface area (Å²) < 4.78 is 1.09. The lowest BCUT2D eigenvalue weighted by molar-refractivity contribution is -0.129. The summed E-state index contributed by atoms with van der Waals surface area (Å²) in [5.41, 5.74) is 1.77. The first kappa shape index (κ1) is 17.9. The predicted octanol–water partition coefficient (Wildman–Crippen LogP) is 3.63. The molecule has 148 valence electrons. The van der Waals surface area contributed by atoms with Gasteiger partial charge in [-0.1, -0.05) is 24.2 Å². The summed E-state index contributed by atoms with van der Waals surface area (Å²) in [5.74, 6) is -0.150. The lowest BCUT2D eigenvalue weighted by Gasteiger charge is -2.23. The fourth-order valence-electron chi connectivity index (χ4n) is 4.75. The van der Waals surface area contributed by atoms with Crippen LogP contribution >= 0.6 is 11.3 Å². The SMILES string of the molecule is O=C(Nc1ccc2nc(N3CCCC3)sc2c1)[C@H]1CC(=O)N(C2CCCC2)C1. The molecule has 1 saturated carbocycles. The van der Waals surface area contributed by atoms with Crippen molar-refractivity contribution in [3.63, 3.8) is 0 Å². The van der Waals surface area contributed by atoms with Gasteiger partial charge in [0.05, 0.1) is 16.1 Å². The van der Waals surface area contributed by atoms with Gasteiger partial charge in [0, 0.05) is 37.8 Å². The number of fused-ring (bicyclic) bond motifs is 1. The largest absolute Gasteiger partial charge is 0.348 e. The molecular weight excluding hydrogens is 372 g/mol. The van der Waals surface area contributed by atoms with E-state index in [2.05, 4.69) is 10.2 Å². The van der Waals surface area contributed by atoms with E-state index in [1.807, 2.05) is 23.1 Å². The number of aromatic nitrogens is 1. The molecule has 5 rings (SSSR count). The van der Waals surface area contributed by atoms with E-state index in [1.54, 1.807) is 11.3 Å². The summed E-state index contributed by atoms with van der Waals surface area (Å²) in [4.78, 5) is 34.2. The number of anilines is 2. The molecule has 1 N–H and O–H groups in total. The number of hydrogen-bond donors (Lipinski definition) is 1. The van der Waals surface area contributed by atoms with Crippen molar-refractivity contribution < 1.29 is 9.59 Å². The molecule has 1 aromatic carbocycles. The lowest BCUT2D eigenvalue weighted by Crippen LogP contribution is -2.35. The van der Waals surface area contributed by atoms with Crippen LogP contribution in [-0.2, 0) is 9.59 Å². The Kier molecular flexibility index (Phi) is 4.70. The van der Waals surface area contributed by atoms with Crippen LogP contribution in [0.15, 0.2) is 18.2 Å². The van der Waals surface area contributed by atoms with Gasteiger partial charge in [-0.15, -0.1) is 0 Å². The first-order valence-corrected chi connectivity index (χ1v) is 11.2. The number of likely N-dealkylation sites (tertiary alicyclic amines) is 1. The number of amides is 2. The number of carbonyl (C=O) groups excluding carboxylic acids is 2. The average Bonchev–Trinajstić information content (AvgIpc) is 3.46. The molecule has 2 amide bonds. The molecule has 2 saturated heterocycles. The number of nitrogens with zero attached hydrogens (tertiary/aromatic N) is 3. The van der Waals surface area contributed by atoms with Crippen LogP contribution in [0, 0.1) is 5.92 Å². The first-order valence-electron chi connectivity index (χ1n) is 10.4. The minimum Gasteiger partial charge on any atom is -0.348 e. The predicted molar refractivity (Wildman–Crippen MR) is 112 cm³/mol. The van der Waals surface area contributed by atoms with Crippen molar-refractivity contribution in [1.82, 2.24) is 9.88 Å². The van der Waals surface area contributed by atoms with Crippen LogP contribution in [-0.4, -0.2) is 47.4 Å². The van der Waals surface area contributed by atoms with E-state index in [0.717, 1.165) is 47.0 Å². The lowest BCUT2D eigenvalue weighted by atomic mass is 10.1. The second-order valence-electron chi connectivity index (χ2n) is 8.25. The third-order valence-corrected chi connectivity index (χ3v) is 7.39. The van der Waals surface area contributed by atoms with Crippen LogP contribution in [0.5, 0.6) is 0 Å². The van der Waals surface area contributed by atoms with E-state index in [-0.39, 0.29) is 17.7 Å². The number of benzene rings is 1. The van der Waals surface area contributed by atoms with E-state index in [4.69, 9.17) is 4.98 Å². The third kappa shape index (κ3) is 3.36. The molecule has 7 heteroatoms. The Morgan fingerprint density at radius 2 is 1.93 bits per heavy atom. The Morgan fingerprint density at radius 3 is 2.71 bits per heavy atom. The summed E-state index contributed by atoms with van der Waals surface area (Å²) in [6.07, 6.45) is 7.36. The van der Waals surface area contributed by atoms with Crippen LogP contribution in [0.25, 0.3) is 10.2 Å². The molecule has 0 spiro atoms. The number of nitrogens with one attached hydrogen (secondary N) is 1. The van der Waals surface area contributed by atoms with Gasteiger partial charge < -0.3 is 15.1 Å². The van der Waals surface area contributed by atoms with Crippen molar-refractivity contribution >= 4 is 44.2 Å². The molecule has 2 aliphatic heterocycles. The number of carbonyl (C=O) groups is 2. The van der Waals surface area contributed by atoms with Crippen molar-refractivity contribution in [3.05, 3.63) is 18.2 Å². The summed E-state index contributed by atoms with van der Waals surface area (Å²) in [7, 11) is 0. The van der Waals surface area contributed by atoms with Crippen molar-refractivity contribution in [3.8, 4) is 0 Å². The molecule has 1 atom stereocenters. The van der Waals surface area contributed by atoms with Gasteiger partial charge >= 0.3 is 0 Å². The second-order valence-corrected chi connectivity index (χ2v) is 9.26. The zero-order valence-electron chi connectivity index (χ0n) is 16.0. The van der Waals surface area contributed by atoms with Gasteiger partial charge in [-0.25, -0.2) is 4.98 Å². The van der Waals surface area contributed by atoms with Crippen LogP contribution in [0.3, 0.4) is 0 Å². The molecule has 3 heterocycles. The highest BCUT2D eigenvalue weighted by Crippen LogP contribution is 2.33. The van der Waals surface area contributed by atoms with Gasteiger partial charge in [0.1, 0.15) is 0 Å². The van der Waals surface area contributed by atoms with E-state index in [1.165, 1.54) is 25.7 Å². The zero-order valence-corrected chi connectivity index (χ0v) is 16.8. The molecule has 1 aromatic heterocycles. The maximum Gasteiger partial charge on any atom is 0.229 e. The molecule has 1 aliphatic carbocycles. The highest BCUT2D eigenvalue weighted by atomic mass is 32.1. The topological polar surface area (TPSA) is 65.5 Å². The second kappa shape index (κ2) is 7.35. The standard InChI is InChI=1S/C21H26N4O2S/c26-19-11-14(13-25(19)16-5-1-2-6-16)20(27)22-15-7-8-17-18(12-15)28-21(23-17)24-9-3-4-10-24/h7-8,12,14,16H,1-6,9-11,13H2,(H,22,27)/t14-/m0/s1. The van der Waals surface area contributed by atoms with E-state index < -0.39 is 0 Å². The van der Waals surface area contributed by atoms with E-state index >= 15 is 0 Å². The van der Waals surface area contributed by atoms with Gasteiger partial charge in [-0.05, 0) is 43.9 Å². The average molecular weight is 399 g/mol. The Labute approximate surface area is 168 Å². The third-order valence-electron chi connectivity index (χ3n) is 6.32. The maximum atomic E-state index is 12.8. The molecule has 0 radical (unpaired) electrons. The first-order chi connectivity index (χ1) is 13.7. The van der Waals surface area contributed by atoms with Crippen molar-refractivity contribution in [2.75, 3.05) is 29.9 Å². The Hall–Kier alpha value is -2.15. The number of thiazole rings is 1. The summed E-state index contributed by atoms with van der Waals surface area (Å²) in [6.45, 7) is 2.73. The molecule has 6 nitrogen and oxygen atoms in total. The quantitative estimate of drug-likeness (QED) is 0.854. The maximum absolute atomic E-state index is 12.8. The smallest absolute Gasteiger partial charge is 0.229 e. The van der Waals surface area contributed by atoms with Crippen molar-refractivity contribution in [2.45, 2.75) is 51.0 Å². The van der Waals surface area contributed by atoms with Gasteiger partial charge in [0.15, 0.2) is 5.13 Å². The normalized spacial score (nSPS) is 23.3.